The molecule has 0 spiro atoms. The highest BCUT2D eigenvalue weighted by atomic mass is 19.4. The number of aromatic carboxylic acids is 1. The maximum absolute atomic E-state index is 12.7. The minimum Gasteiger partial charge on any atom is -0.478 e. The van der Waals surface area contributed by atoms with Gasteiger partial charge in [-0.25, -0.2) is 4.79 Å². The van der Waals surface area contributed by atoms with Gasteiger partial charge < -0.3 is 14.9 Å². The summed E-state index contributed by atoms with van der Waals surface area (Å²) in [5.74, 6) is -3.33. The highest BCUT2D eigenvalue weighted by Crippen LogP contribution is 2.33. The lowest BCUT2D eigenvalue weighted by Gasteiger charge is -2.12. The monoisotopic (exact) mass is 377 g/mol. The molecule has 0 bridgehead atoms. The van der Waals surface area contributed by atoms with Gasteiger partial charge in [0.25, 0.3) is 0 Å². The van der Waals surface area contributed by atoms with Crippen LogP contribution in [0.25, 0.3) is 11.4 Å². The van der Waals surface area contributed by atoms with Crippen molar-refractivity contribution in [3.8, 4) is 11.4 Å². The Balaban J connectivity index is 2.05. The molecule has 0 atom stereocenters. The Bertz CT molecular complexity index is 983. The van der Waals surface area contributed by atoms with Gasteiger partial charge in [-0.05, 0) is 30.2 Å². The molecule has 140 valence electrons. The number of anilines is 2. The van der Waals surface area contributed by atoms with Crippen molar-refractivity contribution in [2.24, 2.45) is 0 Å². The van der Waals surface area contributed by atoms with Crippen molar-refractivity contribution >= 4 is 17.3 Å². The standard InChI is InChI=1S/C18H14F3N3O3/c1-2-10-5-3-6-11(9-10)22-13-8-4-7-12(14(13)16(25)26)15-23-17(27-24-15)18(19,20)21/h3-9,22H,2H2,1H3,(H,25,26). The van der Waals surface area contributed by atoms with Crippen molar-refractivity contribution in [1.82, 2.24) is 10.1 Å². The van der Waals surface area contributed by atoms with Crippen molar-refractivity contribution in [2.45, 2.75) is 19.5 Å². The van der Waals surface area contributed by atoms with Gasteiger partial charge in [0, 0.05) is 11.3 Å². The van der Waals surface area contributed by atoms with E-state index in [1.807, 2.05) is 25.1 Å². The third kappa shape index (κ3) is 3.91. The lowest BCUT2D eigenvalue weighted by molar-refractivity contribution is -0.159. The van der Waals surface area contributed by atoms with Crippen molar-refractivity contribution in [3.63, 3.8) is 0 Å². The fourth-order valence-electron chi connectivity index (χ4n) is 2.55. The van der Waals surface area contributed by atoms with Gasteiger partial charge in [-0.2, -0.15) is 18.2 Å². The number of carboxylic acid groups (broad SMARTS) is 1. The quantitative estimate of drug-likeness (QED) is 0.667. The first-order chi connectivity index (χ1) is 12.8. The molecule has 0 saturated carbocycles. The number of halogens is 3. The van der Waals surface area contributed by atoms with Gasteiger partial charge in [0.05, 0.1) is 11.3 Å². The second kappa shape index (κ2) is 7.10. The van der Waals surface area contributed by atoms with E-state index >= 15 is 0 Å². The van der Waals surface area contributed by atoms with E-state index in [2.05, 4.69) is 20.0 Å². The summed E-state index contributed by atoms with van der Waals surface area (Å²) in [6.07, 6.45) is -4.02. The van der Waals surface area contributed by atoms with E-state index in [-0.39, 0.29) is 16.8 Å². The molecule has 0 amide bonds. The normalized spacial score (nSPS) is 11.4. The SMILES string of the molecule is CCc1cccc(Nc2cccc(-c3noc(C(F)(F)F)n3)c2C(=O)O)c1. The fraction of sp³-hybridized carbons (Fsp3) is 0.167. The molecule has 0 aliphatic rings. The Morgan fingerprint density at radius 2 is 1.96 bits per heavy atom. The van der Waals surface area contributed by atoms with Gasteiger partial charge in [-0.15, -0.1) is 0 Å². The first-order valence-electron chi connectivity index (χ1n) is 7.93. The maximum Gasteiger partial charge on any atom is 0.471 e. The lowest BCUT2D eigenvalue weighted by atomic mass is 10.0. The predicted molar refractivity (Wildman–Crippen MR) is 90.8 cm³/mol. The molecule has 0 saturated heterocycles. The summed E-state index contributed by atoms with van der Waals surface area (Å²) in [5.41, 5.74) is 1.55. The average Bonchev–Trinajstić information content (AvgIpc) is 3.12. The molecule has 0 aliphatic carbocycles. The van der Waals surface area contributed by atoms with Crippen LogP contribution in [0.4, 0.5) is 24.5 Å². The summed E-state index contributed by atoms with van der Waals surface area (Å²) in [6, 6.07) is 11.7. The molecule has 2 aromatic carbocycles. The van der Waals surface area contributed by atoms with Gasteiger partial charge >= 0.3 is 18.0 Å². The zero-order valence-corrected chi connectivity index (χ0v) is 14.0. The molecule has 0 unspecified atom stereocenters. The Kier molecular flexibility index (Phi) is 4.85. The number of rotatable bonds is 5. The molecule has 0 fully saturated rings. The Morgan fingerprint density at radius 1 is 1.22 bits per heavy atom. The Hall–Kier alpha value is -3.36. The van der Waals surface area contributed by atoms with Crippen molar-refractivity contribution in [3.05, 3.63) is 59.5 Å². The lowest BCUT2D eigenvalue weighted by Crippen LogP contribution is -2.07. The first kappa shape index (κ1) is 18.4. The zero-order chi connectivity index (χ0) is 19.6. The van der Waals surface area contributed by atoms with Crippen LogP contribution in [0, 0.1) is 0 Å². The molecular formula is C18H14F3N3O3. The number of alkyl halides is 3. The number of hydrogen-bond acceptors (Lipinski definition) is 5. The van der Waals surface area contributed by atoms with E-state index in [9.17, 15) is 23.1 Å². The largest absolute Gasteiger partial charge is 0.478 e. The molecule has 3 aromatic rings. The third-order valence-electron chi connectivity index (χ3n) is 3.80. The van der Waals surface area contributed by atoms with E-state index < -0.39 is 23.9 Å². The minimum atomic E-state index is -4.81. The molecule has 2 N–H and O–H groups in total. The van der Waals surface area contributed by atoms with E-state index in [0.717, 1.165) is 12.0 Å². The number of carbonyl (C=O) groups is 1. The minimum absolute atomic E-state index is 0.0848. The second-order valence-electron chi connectivity index (χ2n) is 5.63. The summed E-state index contributed by atoms with van der Waals surface area (Å²) < 4.78 is 42.3. The molecule has 0 aliphatic heterocycles. The van der Waals surface area contributed by atoms with E-state index in [1.54, 1.807) is 6.07 Å². The molecule has 0 radical (unpaired) electrons. The predicted octanol–water partition coefficient (Wildman–Crippen LogP) is 4.76. The highest BCUT2D eigenvalue weighted by Gasteiger charge is 2.39. The third-order valence-corrected chi connectivity index (χ3v) is 3.80. The van der Waals surface area contributed by atoms with Crippen LogP contribution < -0.4 is 5.32 Å². The summed E-state index contributed by atoms with van der Waals surface area (Å²) in [5, 5.41) is 15.9. The number of aryl methyl sites for hydroxylation is 1. The maximum atomic E-state index is 12.7. The van der Waals surface area contributed by atoms with Gasteiger partial charge in [-0.1, -0.05) is 36.3 Å². The number of nitrogens with one attached hydrogen (secondary N) is 1. The topological polar surface area (TPSA) is 88.3 Å². The Morgan fingerprint density at radius 3 is 2.59 bits per heavy atom. The van der Waals surface area contributed by atoms with E-state index in [0.29, 0.717) is 5.69 Å². The van der Waals surface area contributed by atoms with Crippen LogP contribution >= 0.6 is 0 Å². The number of aromatic nitrogens is 2. The van der Waals surface area contributed by atoms with Crippen molar-refractivity contribution in [1.29, 1.82) is 0 Å². The summed E-state index contributed by atoms with van der Waals surface area (Å²) >= 11 is 0. The van der Waals surface area contributed by atoms with E-state index in [4.69, 9.17) is 0 Å². The van der Waals surface area contributed by atoms with E-state index in [1.165, 1.54) is 18.2 Å². The van der Waals surface area contributed by atoms with Crippen LogP contribution in [-0.2, 0) is 12.6 Å². The average molecular weight is 377 g/mol. The summed E-state index contributed by atoms with van der Waals surface area (Å²) in [4.78, 5) is 15.1. The van der Waals surface area contributed by atoms with Gasteiger partial charge in [0.2, 0.25) is 5.82 Å². The smallest absolute Gasteiger partial charge is 0.471 e. The second-order valence-corrected chi connectivity index (χ2v) is 5.63. The van der Waals surface area contributed by atoms with Crippen LogP contribution in [0.3, 0.4) is 0 Å². The molecule has 27 heavy (non-hydrogen) atoms. The number of carboxylic acids is 1. The first-order valence-corrected chi connectivity index (χ1v) is 7.93. The summed E-state index contributed by atoms with van der Waals surface area (Å²) in [6.45, 7) is 1.98. The van der Waals surface area contributed by atoms with Crippen LogP contribution in [0.5, 0.6) is 0 Å². The summed E-state index contributed by atoms with van der Waals surface area (Å²) in [7, 11) is 0. The molecule has 1 heterocycles. The highest BCUT2D eigenvalue weighted by molar-refractivity contribution is 6.01. The van der Waals surface area contributed by atoms with Gasteiger partial charge in [-0.3, -0.25) is 0 Å². The number of hydrogen-bond donors (Lipinski definition) is 2. The number of benzene rings is 2. The van der Waals surface area contributed by atoms with Crippen molar-refractivity contribution in [2.75, 3.05) is 5.32 Å². The molecule has 9 heteroatoms. The van der Waals surface area contributed by atoms with Crippen LogP contribution in [0.15, 0.2) is 47.0 Å². The Labute approximate surface area is 151 Å². The van der Waals surface area contributed by atoms with Gasteiger partial charge in [0.15, 0.2) is 0 Å². The molecule has 6 nitrogen and oxygen atoms in total. The number of nitrogens with zero attached hydrogens (tertiary/aromatic N) is 2. The van der Waals surface area contributed by atoms with Crippen LogP contribution in [0.1, 0.15) is 28.7 Å². The molecular weight excluding hydrogens is 363 g/mol. The van der Waals surface area contributed by atoms with Crippen LogP contribution in [-0.4, -0.2) is 21.2 Å². The molecule has 3 rings (SSSR count). The van der Waals surface area contributed by atoms with Crippen LogP contribution in [0.2, 0.25) is 0 Å². The van der Waals surface area contributed by atoms with Crippen molar-refractivity contribution < 1.29 is 27.6 Å². The fourth-order valence-corrected chi connectivity index (χ4v) is 2.55. The zero-order valence-electron chi connectivity index (χ0n) is 14.0. The molecule has 1 aromatic heterocycles. The van der Waals surface area contributed by atoms with Gasteiger partial charge in [0.1, 0.15) is 0 Å².